The van der Waals surface area contributed by atoms with Gasteiger partial charge in [-0.1, -0.05) is 0 Å². The number of halogens is 1. The Morgan fingerprint density at radius 3 is 2.54 bits per heavy atom. The Morgan fingerprint density at radius 1 is 1.46 bits per heavy atom. The number of benzene rings is 1. The van der Waals surface area contributed by atoms with Crippen LogP contribution in [0.1, 0.15) is 5.56 Å². The highest BCUT2D eigenvalue weighted by Crippen LogP contribution is 2.18. The summed E-state index contributed by atoms with van der Waals surface area (Å²) in [6.45, 7) is 0. The van der Waals surface area contributed by atoms with Gasteiger partial charge in [0.15, 0.2) is 0 Å². The molecule has 0 aromatic heterocycles. The van der Waals surface area contributed by atoms with Gasteiger partial charge in [-0.05, 0) is 18.2 Å². The molecule has 3 nitrogen and oxygen atoms in total. The summed E-state index contributed by atoms with van der Waals surface area (Å²) in [4.78, 5) is 1.79. The molecule has 4 heteroatoms. The van der Waals surface area contributed by atoms with Crippen LogP contribution in [0.25, 0.3) is 0 Å². The lowest BCUT2D eigenvalue weighted by Gasteiger charge is -2.16. The average Bonchev–Trinajstić information content (AvgIpc) is 2.03. The molecule has 1 aromatic rings. The second-order valence-electron chi connectivity index (χ2n) is 2.97. The zero-order valence-electron chi connectivity index (χ0n) is 7.63. The van der Waals surface area contributed by atoms with E-state index in [1.54, 1.807) is 11.0 Å². The van der Waals surface area contributed by atoms with Crippen molar-refractivity contribution >= 4 is 11.5 Å². The summed E-state index contributed by atoms with van der Waals surface area (Å²) in [6, 6.07) is 4.21. The van der Waals surface area contributed by atoms with Crippen molar-refractivity contribution in [3.63, 3.8) is 0 Å². The van der Waals surface area contributed by atoms with Gasteiger partial charge in [0.25, 0.3) is 0 Å². The molecule has 0 heterocycles. The van der Waals surface area contributed by atoms with E-state index in [2.05, 4.69) is 0 Å². The Morgan fingerprint density at radius 2 is 2.08 bits per heavy atom. The summed E-state index contributed by atoms with van der Waals surface area (Å²) in [5.41, 5.74) is 6.48. The number of anilines is 1. The Bertz CT molecular complexity index is 334. The Labute approximate surface area is 76.5 Å². The normalized spacial score (nSPS) is 9.77. The van der Waals surface area contributed by atoms with Crippen molar-refractivity contribution in [2.75, 3.05) is 19.0 Å². The van der Waals surface area contributed by atoms with Crippen LogP contribution in [0.15, 0.2) is 18.2 Å². The number of nitrogens with one attached hydrogen (secondary N) is 1. The minimum Gasteiger partial charge on any atom is -0.384 e. The summed E-state index contributed by atoms with van der Waals surface area (Å²) in [5, 5.41) is 7.25. The van der Waals surface area contributed by atoms with Crippen LogP contribution in [-0.4, -0.2) is 19.9 Å². The molecule has 0 bridgehead atoms. The number of nitrogen functional groups attached to an aromatic ring is 1. The van der Waals surface area contributed by atoms with Gasteiger partial charge in [-0.25, -0.2) is 4.39 Å². The molecular weight excluding hydrogens is 169 g/mol. The molecule has 13 heavy (non-hydrogen) atoms. The molecule has 0 saturated carbocycles. The van der Waals surface area contributed by atoms with Crippen molar-refractivity contribution < 1.29 is 4.39 Å². The molecule has 0 aliphatic heterocycles. The van der Waals surface area contributed by atoms with Gasteiger partial charge in [0, 0.05) is 25.3 Å². The van der Waals surface area contributed by atoms with Crippen LogP contribution >= 0.6 is 0 Å². The largest absolute Gasteiger partial charge is 0.384 e. The molecule has 0 fully saturated rings. The Kier molecular flexibility index (Phi) is 2.51. The number of nitrogens with zero attached hydrogens (tertiary/aromatic N) is 1. The number of rotatable bonds is 2. The third kappa shape index (κ3) is 1.96. The van der Waals surface area contributed by atoms with E-state index in [1.807, 2.05) is 14.1 Å². The van der Waals surface area contributed by atoms with Crippen LogP contribution in [0.5, 0.6) is 0 Å². The van der Waals surface area contributed by atoms with Gasteiger partial charge >= 0.3 is 0 Å². The highest BCUT2D eigenvalue weighted by atomic mass is 19.1. The summed E-state index contributed by atoms with van der Waals surface area (Å²) in [5.74, 6) is -0.501. The number of amidine groups is 1. The fourth-order valence-electron chi connectivity index (χ4n) is 1.11. The van der Waals surface area contributed by atoms with E-state index < -0.39 is 0 Å². The molecule has 0 aliphatic rings. The van der Waals surface area contributed by atoms with Crippen LogP contribution in [-0.2, 0) is 0 Å². The van der Waals surface area contributed by atoms with E-state index in [-0.39, 0.29) is 11.7 Å². The van der Waals surface area contributed by atoms with Crippen LogP contribution < -0.4 is 10.6 Å². The van der Waals surface area contributed by atoms with Crippen LogP contribution in [0.2, 0.25) is 0 Å². The highest BCUT2D eigenvalue weighted by molar-refractivity contribution is 6.00. The van der Waals surface area contributed by atoms with E-state index in [0.717, 1.165) is 5.69 Å². The number of hydrogen-bond donors (Lipinski definition) is 2. The maximum absolute atomic E-state index is 12.8. The quantitative estimate of drug-likeness (QED) is 0.531. The third-order valence-electron chi connectivity index (χ3n) is 1.73. The van der Waals surface area contributed by atoms with Gasteiger partial charge in [-0.2, -0.15) is 0 Å². The molecule has 0 saturated heterocycles. The van der Waals surface area contributed by atoms with E-state index in [0.29, 0.717) is 5.56 Å². The standard InChI is InChI=1S/C9H12FN3/c1-13(2)8-4-3-6(10)5-7(8)9(11)12/h3-5H,1-2H3,(H3,11,12). The van der Waals surface area contributed by atoms with E-state index in [4.69, 9.17) is 11.1 Å². The van der Waals surface area contributed by atoms with Gasteiger partial charge in [-0.3, -0.25) is 5.41 Å². The summed E-state index contributed by atoms with van der Waals surface area (Å²) >= 11 is 0. The fourth-order valence-corrected chi connectivity index (χ4v) is 1.11. The predicted octanol–water partition coefficient (Wildman–Crippen LogP) is 1.18. The molecule has 1 rings (SSSR count). The SMILES string of the molecule is CN(C)c1ccc(F)cc1C(=N)N. The first-order valence-electron chi connectivity index (χ1n) is 3.83. The van der Waals surface area contributed by atoms with Gasteiger partial charge < -0.3 is 10.6 Å². The molecule has 3 N–H and O–H groups in total. The van der Waals surface area contributed by atoms with Crippen molar-refractivity contribution in [3.8, 4) is 0 Å². The smallest absolute Gasteiger partial charge is 0.125 e. The van der Waals surface area contributed by atoms with E-state index in [9.17, 15) is 4.39 Å². The molecule has 70 valence electrons. The van der Waals surface area contributed by atoms with Crippen molar-refractivity contribution in [3.05, 3.63) is 29.6 Å². The molecule has 0 amide bonds. The molecular formula is C9H12FN3. The van der Waals surface area contributed by atoms with Crippen molar-refractivity contribution in [2.45, 2.75) is 0 Å². The van der Waals surface area contributed by atoms with Gasteiger partial charge in [0.2, 0.25) is 0 Å². The highest BCUT2D eigenvalue weighted by Gasteiger charge is 2.07. The molecule has 0 spiro atoms. The first-order chi connectivity index (χ1) is 6.02. The molecule has 0 aliphatic carbocycles. The Balaban J connectivity index is 3.27. The second kappa shape index (κ2) is 3.43. The number of hydrogen-bond acceptors (Lipinski definition) is 2. The summed E-state index contributed by atoms with van der Waals surface area (Å²) in [7, 11) is 3.64. The summed E-state index contributed by atoms with van der Waals surface area (Å²) in [6.07, 6.45) is 0. The summed E-state index contributed by atoms with van der Waals surface area (Å²) < 4.78 is 12.8. The zero-order chi connectivity index (χ0) is 10.0. The van der Waals surface area contributed by atoms with Gasteiger partial charge in [-0.15, -0.1) is 0 Å². The van der Waals surface area contributed by atoms with Crippen LogP contribution in [0.4, 0.5) is 10.1 Å². The lowest BCUT2D eigenvalue weighted by Crippen LogP contribution is -2.18. The lowest BCUT2D eigenvalue weighted by atomic mass is 10.1. The number of nitrogens with two attached hydrogens (primary N) is 1. The zero-order valence-corrected chi connectivity index (χ0v) is 7.63. The molecule has 1 aromatic carbocycles. The minimum absolute atomic E-state index is 0.122. The maximum Gasteiger partial charge on any atom is 0.125 e. The molecule has 0 unspecified atom stereocenters. The first-order valence-corrected chi connectivity index (χ1v) is 3.83. The fraction of sp³-hybridized carbons (Fsp3) is 0.222. The Hall–Kier alpha value is -1.58. The van der Waals surface area contributed by atoms with Crippen molar-refractivity contribution in [1.82, 2.24) is 0 Å². The monoisotopic (exact) mass is 181 g/mol. The minimum atomic E-state index is -0.379. The van der Waals surface area contributed by atoms with Gasteiger partial charge in [0.1, 0.15) is 11.7 Å². The predicted molar refractivity (Wildman–Crippen MR) is 51.7 cm³/mol. The third-order valence-corrected chi connectivity index (χ3v) is 1.73. The van der Waals surface area contributed by atoms with Crippen LogP contribution in [0.3, 0.4) is 0 Å². The lowest BCUT2D eigenvalue weighted by molar-refractivity contribution is 0.627. The first kappa shape index (κ1) is 9.51. The van der Waals surface area contributed by atoms with Crippen molar-refractivity contribution in [1.29, 1.82) is 5.41 Å². The van der Waals surface area contributed by atoms with Crippen LogP contribution in [0, 0.1) is 11.2 Å². The van der Waals surface area contributed by atoms with Gasteiger partial charge in [0.05, 0.1) is 0 Å². The second-order valence-corrected chi connectivity index (χ2v) is 2.97. The topological polar surface area (TPSA) is 53.1 Å². The average molecular weight is 181 g/mol. The maximum atomic E-state index is 12.8. The molecule has 0 atom stereocenters. The van der Waals surface area contributed by atoms with Crippen molar-refractivity contribution in [2.24, 2.45) is 5.73 Å². The molecule has 0 radical (unpaired) electrons. The van der Waals surface area contributed by atoms with E-state index >= 15 is 0 Å². The van der Waals surface area contributed by atoms with E-state index in [1.165, 1.54) is 12.1 Å².